The molecule has 1 heterocycles. The van der Waals surface area contributed by atoms with Gasteiger partial charge in [0.25, 0.3) is 0 Å². The Kier molecular flexibility index (Phi) is 8.10. The van der Waals surface area contributed by atoms with E-state index in [1.165, 1.54) is 11.8 Å². The molecule has 33 heavy (non-hydrogen) atoms. The van der Waals surface area contributed by atoms with Gasteiger partial charge in [-0.3, -0.25) is 9.36 Å². The first kappa shape index (κ1) is 23.4. The fraction of sp³-hybridized carbons (Fsp3) is 0.160. The molecule has 0 unspecified atom stereocenters. The zero-order valence-electron chi connectivity index (χ0n) is 18.1. The number of nitrogens with zero attached hydrogens (tertiary/aromatic N) is 3. The first-order valence-corrected chi connectivity index (χ1v) is 12.9. The molecule has 1 N–H and O–H groups in total. The molecule has 4 aromatic rings. The first-order valence-electron chi connectivity index (χ1n) is 10.5. The van der Waals surface area contributed by atoms with Gasteiger partial charge in [0, 0.05) is 27.8 Å². The fourth-order valence-electron chi connectivity index (χ4n) is 3.24. The molecule has 0 saturated carbocycles. The van der Waals surface area contributed by atoms with Crippen LogP contribution >= 0.6 is 35.1 Å². The predicted molar refractivity (Wildman–Crippen MR) is 138 cm³/mol. The second kappa shape index (κ2) is 11.4. The third-order valence-electron chi connectivity index (χ3n) is 4.87. The van der Waals surface area contributed by atoms with Gasteiger partial charge in [-0.2, -0.15) is 0 Å². The van der Waals surface area contributed by atoms with Gasteiger partial charge in [0.2, 0.25) is 5.91 Å². The molecule has 0 fully saturated rings. The van der Waals surface area contributed by atoms with E-state index in [-0.39, 0.29) is 11.7 Å². The number of hydrogen-bond donors (Lipinski definition) is 1. The van der Waals surface area contributed by atoms with Gasteiger partial charge < -0.3 is 5.32 Å². The highest BCUT2D eigenvalue weighted by Gasteiger charge is 2.15. The normalized spacial score (nSPS) is 10.8. The molecule has 168 valence electrons. The van der Waals surface area contributed by atoms with Crippen LogP contribution < -0.4 is 5.32 Å². The van der Waals surface area contributed by atoms with Crippen molar-refractivity contribution in [2.45, 2.75) is 29.1 Å². The van der Waals surface area contributed by atoms with Crippen LogP contribution in [-0.4, -0.2) is 26.4 Å². The van der Waals surface area contributed by atoms with Gasteiger partial charge in [0.05, 0.1) is 11.4 Å². The summed E-state index contributed by atoms with van der Waals surface area (Å²) in [5, 5.41) is 13.1. The van der Waals surface area contributed by atoms with Gasteiger partial charge in [0.1, 0.15) is 5.82 Å². The van der Waals surface area contributed by atoms with Crippen LogP contribution in [0.2, 0.25) is 5.02 Å². The lowest BCUT2D eigenvalue weighted by Gasteiger charge is -2.12. The van der Waals surface area contributed by atoms with E-state index in [2.05, 4.69) is 15.5 Å². The lowest BCUT2D eigenvalue weighted by atomic mass is 10.2. The van der Waals surface area contributed by atoms with Gasteiger partial charge in [-0.05, 0) is 35.9 Å². The number of para-hydroxylation sites is 2. The SMILES string of the molecule is CCc1nnc(SCC(=O)Nc2ccccc2SCc2ccccc2Cl)n1-c1ccccc1. The molecule has 0 bridgehead atoms. The Morgan fingerprint density at radius 2 is 1.67 bits per heavy atom. The van der Waals surface area contributed by atoms with Crippen LogP contribution in [0.25, 0.3) is 5.69 Å². The maximum absolute atomic E-state index is 12.8. The Morgan fingerprint density at radius 1 is 0.939 bits per heavy atom. The van der Waals surface area contributed by atoms with Crippen molar-refractivity contribution in [2.24, 2.45) is 0 Å². The summed E-state index contributed by atoms with van der Waals surface area (Å²) in [4.78, 5) is 13.8. The zero-order valence-corrected chi connectivity index (χ0v) is 20.5. The molecule has 3 aromatic carbocycles. The van der Waals surface area contributed by atoms with E-state index >= 15 is 0 Å². The van der Waals surface area contributed by atoms with Gasteiger partial charge in [-0.15, -0.1) is 22.0 Å². The van der Waals surface area contributed by atoms with Crippen LogP contribution in [0.15, 0.2) is 88.9 Å². The topological polar surface area (TPSA) is 59.8 Å². The summed E-state index contributed by atoms with van der Waals surface area (Å²) in [5.74, 6) is 1.73. The van der Waals surface area contributed by atoms with Crippen LogP contribution in [0, 0.1) is 0 Å². The van der Waals surface area contributed by atoms with Gasteiger partial charge in [-0.25, -0.2) is 0 Å². The Morgan fingerprint density at radius 3 is 2.45 bits per heavy atom. The molecule has 0 spiro atoms. The number of nitrogens with one attached hydrogen (secondary N) is 1. The molecule has 5 nitrogen and oxygen atoms in total. The molecular formula is C25H23ClN4OS2. The Hall–Kier alpha value is -2.74. The highest BCUT2D eigenvalue weighted by molar-refractivity contribution is 7.99. The Balaban J connectivity index is 1.41. The Bertz CT molecular complexity index is 1230. The summed E-state index contributed by atoms with van der Waals surface area (Å²) in [6, 6.07) is 25.6. The summed E-state index contributed by atoms with van der Waals surface area (Å²) in [5.41, 5.74) is 2.84. The molecule has 0 aliphatic rings. The number of aryl methyl sites for hydroxylation is 1. The average molecular weight is 495 g/mol. The number of carbonyl (C=O) groups is 1. The molecule has 0 aliphatic carbocycles. The van der Waals surface area contributed by atoms with E-state index in [0.717, 1.165) is 44.9 Å². The largest absolute Gasteiger partial charge is 0.324 e. The number of thioether (sulfide) groups is 2. The number of halogens is 1. The van der Waals surface area contributed by atoms with Crippen molar-refractivity contribution in [2.75, 3.05) is 11.1 Å². The van der Waals surface area contributed by atoms with Crippen molar-refractivity contribution in [3.63, 3.8) is 0 Å². The number of carbonyl (C=O) groups excluding carboxylic acids is 1. The van der Waals surface area contributed by atoms with E-state index < -0.39 is 0 Å². The van der Waals surface area contributed by atoms with E-state index in [1.807, 2.05) is 90.4 Å². The van der Waals surface area contributed by atoms with E-state index in [9.17, 15) is 4.79 Å². The van der Waals surface area contributed by atoms with Crippen LogP contribution in [-0.2, 0) is 17.0 Å². The van der Waals surface area contributed by atoms with Crippen molar-refractivity contribution >= 4 is 46.7 Å². The van der Waals surface area contributed by atoms with Crippen molar-refractivity contribution in [3.05, 3.63) is 95.3 Å². The number of aromatic nitrogens is 3. The third kappa shape index (κ3) is 5.99. The molecule has 8 heteroatoms. The fourth-order valence-corrected chi connectivity index (χ4v) is 5.31. The average Bonchev–Trinajstić information content (AvgIpc) is 3.27. The minimum atomic E-state index is -0.0912. The number of anilines is 1. The standard InChI is InChI=1S/C25H23ClN4OS2/c1-2-23-28-29-25(30(23)19-11-4-3-5-12-19)33-17-24(31)27-21-14-8-9-15-22(21)32-16-18-10-6-7-13-20(18)26/h3-15H,2,16-17H2,1H3,(H,27,31). The van der Waals surface area contributed by atoms with Gasteiger partial charge >= 0.3 is 0 Å². The first-order chi connectivity index (χ1) is 16.2. The molecular weight excluding hydrogens is 472 g/mol. The lowest BCUT2D eigenvalue weighted by Crippen LogP contribution is -2.15. The van der Waals surface area contributed by atoms with E-state index in [0.29, 0.717) is 5.16 Å². The highest BCUT2D eigenvalue weighted by atomic mass is 35.5. The molecule has 4 rings (SSSR count). The Labute approximate surface area is 207 Å². The predicted octanol–water partition coefficient (Wildman–Crippen LogP) is 6.51. The van der Waals surface area contributed by atoms with Crippen molar-refractivity contribution in [1.82, 2.24) is 14.8 Å². The highest BCUT2D eigenvalue weighted by Crippen LogP contribution is 2.32. The third-order valence-corrected chi connectivity index (χ3v) is 7.29. The molecule has 0 saturated heterocycles. The van der Waals surface area contributed by atoms with E-state index in [1.54, 1.807) is 11.8 Å². The number of benzene rings is 3. The summed E-state index contributed by atoms with van der Waals surface area (Å²) >= 11 is 9.31. The molecule has 0 atom stereocenters. The lowest BCUT2D eigenvalue weighted by molar-refractivity contribution is -0.113. The summed E-state index contributed by atoms with van der Waals surface area (Å²) in [6.45, 7) is 2.04. The minimum absolute atomic E-state index is 0.0912. The molecule has 0 radical (unpaired) electrons. The minimum Gasteiger partial charge on any atom is -0.324 e. The number of hydrogen-bond acceptors (Lipinski definition) is 5. The monoisotopic (exact) mass is 494 g/mol. The van der Waals surface area contributed by atoms with Crippen LogP contribution in [0.3, 0.4) is 0 Å². The van der Waals surface area contributed by atoms with Crippen molar-refractivity contribution < 1.29 is 4.79 Å². The second-order valence-electron chi connectivity index (χ2n) is 7.14. The summed E-state index contributed by atoms with van der Waals surface area (Å²) in [7, 11) is 0. The molecule has 1 aromatic heterocycles. The molecule has 0 aliphatic heterocycles. The van der Waals surface area contributed by atoms with Gasteiger partial charge in [0.15, 0.2) is 5.16 Å². The van der Waals surface area contributed by atoms with Crippen LogP contribution in [0.5, 0.6) is 0 Å². The van der Waals surface area contributed by atoms with Crippen LogP contribution in [0.1, 0.15) is 18.3 Å². The number of rotatable bonds is 9. The summed E-state index contributed by atoms with van der Waals surface area (Å²) in [6.07, 6.45) is 0.755. The van der Waals surface area contributed by atoms with Gasteiger partial charge in [-0.1, -0.05) is 78.8 Å². The maximum atomic E-state index is 12.8. The maximum Gasteiger partial charge on any atom is 0.234 e. The molecule has 1 amide bonds. The smallest absolute Gasteiger partial charge is 0.234 e. The zero-order chi connectivity index (χ0) is 23.0. The quantitative estimate of drug-likeness (QED) is 0.269. The summed E-state index contributed by atoms with van der Waals surface area (Å²) < 4.78 is 2.01. The second-order valence-corrected chi connectivity index (χ2v) is 9.50. The van der Waals surface area contributed by atoms with Crippen LogP contribution in [0.4, 0.5) is 5.69 Å². The number of amides is 1. The van der Waals surface area contributed by atoms with Crippen molar-refractivity contribution in [3.8, 4) is 5.69 Å². The van der Waals surface area contributed by atoms with Crippen molar-refractivity contribution in [1.29, 1.82) is 0 Å². The van der Waals surface area contributed by atoms with E-state index in [4.69, 9.17) is 11.6 Å².